The van der Waals surface area contributed by atoms with Crippen LogP contribution in [0.4, 0.5) is 0 Å². The summed E-state index contributed by atoms with van der Waals surface area (Å²) in [4.78, 5) is 0. The second-order valence-electron chi connectivity index (χ2n) is 1.68. The predicted molar refractivity (Wildman–Crippen MR) is 26.4 cm³/mol. The third kappa shape index (κ3) is 0.889. The van der Waals surface area contributed by atoms with Crippen LogP contribution in [0.1, 0.15) is 6.42 Å². The quantitative estimate of drug-likeness (QED) is 0.371. The molecule has 1 saturated heterocycles. The lowest BCUT2D eigenvalue weighted by Gasteiger charge is -2.15. The Kier molecular flexibility index (Phi) is 1.25. The molecule has 0 saturated carbocycles. The molecule has 0 spiro atoms. The molecule has 0 amide bonds. The zero-order valence-corrected chi connectivity index (χ0v) is 4.17. The summed E-state index contributed by atoms with van der Waals surface area (Å²) in [7, 11) is 0. The van der Waals surface area contributed by atoms with Gasteiger partial charge in [-0.05, 0) is 6.42 Å². The van der Waals surface area contributed by atoms with E-state index in [2.05, 4.69) is 0 Å². The molecule has 0 aromatic heterocycles. The van der Waals surface area contributed by atoms with Gasteiger partial charge in [0.05, 0.1) is 0 Å². The van der Waals surface area contributed by atoms with Gasteiger partial charge < -0.3 is 0 Å². The summed E-state index contributed by atoms with van der Waals surface area (Å²) in [5.74, 6) is 10.6. The Morgan fingerprint density at radius 2 is 1.43 bits per heavy atom. The van der Waals surface area contributed by atoms with Crippen molar-refractivity contribution in [1.82, 2.24) is 10.2 Å². The van der Waals surface area contributed by atoms with Gasteiger partial charge in [-0.2, -0.15) is 10.2 Å². The van der Waals surface area contributed by atoms with E-state index in [1.165, 1.54) is 10.2 Å². The normalized spacial score (nSPS) is 26.6. The largest absolute Gasteiger partial charge is 0.254 e. The SMILES string of the molecule is NN1CCCN1N. The molecule has 1 aliphatic heterocycles. The molecule has 0 bridgehead atoms. The summed E-state index contributed by atoms with van der Waals surface area (Å²) in [6, 6.07) is 0. The summed E-state index contributed by atoms with van der Waals surface area (Å²) >= 11 is 0. The summed E-state index contributed by atoms with van der Waals surface area (Å²) in [6.07, 6.45) is 1.08. The second kappa shape index (κ2) is 1.75. The van der Waals surface area contributed by atoms with Gasteiger partial charge in [-0.25, -0.2) is 0 Å². The fourth-order valence-electron chi connectivity index (χ4n) is 0.652. The van der Waals surface area contributed by atoms with Crippen LogP contribution in [0, 0.1) is 0 Å². The van der Waals surface area contributed by atoms with Crippen molar-refractivity contribution in [2.45, 2.75) is 6.42 Å². The average molecular weight is 102 g/mol. The Bertz CT molecular complexity index is 56.0. The molecular weight excluding hydrogens is 92.1 g/mol. The first-order valence-corrected chi connectivity index (χ1v) is 2.35. The lowest BCUT2D eigenvalue weighted by molar-refractivity contribution is 0.0263. The summed E-state index contributed by atoms with van der Waals surface area (Å²) in [5, 5.41) is 3.03. The van der Waals surface area contributed by atoms with Gasteiger partial charge in [-0.1, -0.05) is 0 Å². The molecule has 4 heteroatoms. The zero-order valence-electron chi connectivity index (χ0n) is 4.17. The highest BCUT2D eigenvalue weighted by Crippen LogP contribution is 1.96. The second-order valence-corrected chi connectivity index (χ2v) is 1.68. The first kappa shape index (κ1) is 4.99. The molecule has 1 rings (SSSR count). The highest BCUT2D eigenvalue weighted by atomic mass is 15.9. The monoisotopic (exact) mass is 102 g/mol. The minimum Gasteiger partial charge on any atom is -0.254 e. The molecule has 0 unspecified atom stereocenters. The van der Waals surface area contributed by atoms with Crippen LogP contribution in [0.15, 0.2) is 0 Å². The topological polar surface area (TPSA) is 58.5 Å². The molecule has 7 heavy (non-hydrogen) atoms. The molecule has 0 aliphatic carbocycles. The van der Waals surface area contributed by atoms with Crippen LogP contribution in [-0.4, -0.2) is 23.3 Å². The molecular formula is C3H10N4. The van der Waals surface area contributed by atoms with Crippen LogP contribution >= 0.6 is 0 Å². The minimum atomic E-state index is 0.885. The molecule has 0 aromatic carbocycles. The van der Waals surface area contributed by atoms with Gasteiger partial charge in [0.25, 0.3) is 0 Å². The van der Waals surface area contributed by atoms with Crippen molar-refractivity contribution in [2.24, 2.45) is 11.7 Å². The van der Waals surface area contributed by atoms with E-state index in [1.54, 1.807) is 0 Å². The number of hydrogen-bond acceptors (Lipinski definition) is 4. The van der Waals surface area contributed by atoms with E-state index in [9.17, 15) is 0 Å². The van der Waals surface area contributed by atoms with Crippen molar-refractivity contribution >= 4 is 0 Å². The predicted octanol–water partition coefficient (Wildman–Crippen LogP) is -1.34. The maximum Gasteiger partial charge on any atom is 0.0315 e. The molecule has 1 aliphatic rings. The highest BCUT2D eigenvalue weighted by molar-refractivity contribution is 4.54. The number of rotatable bonds is 0. The number of nitrogens with two attached hydrogens (primary N) is 2. The minimum absolute atomic E-state index is 0.885. The summed E-state index contributed by atoms with van der Waals surface area (Å²) in [6.45, 7) is 1.77. The van der Waals surface area contributed by atoms with Gasteiger partial charge in [0.15, 0.2) is 0 Å². The lowest BCUT2D eigenvalue weighted by atomic mass is 10.5. The van der Waals surface area contributed by atoms with Crippen LogP contribution in [-0.2, 0) is 0 Å². The van der Waals surface area contributed by atoms with Crippen LogP contribution < -0.4 is 11.7 Å². The fraction of sp³-hybridized carbons (Fsp3) is 1.00. The molecule has 0 aromatic rings. The van der Waals surface area contributed by atoms with E-state index >= 15 is 0 Å². The molecule has 4 nitrogen and oxygen atoms in total. The van der Waals surface area contributed by atoms with E-state index in [1.807, 2.05) is 0 Å². The van der Waals surface area contributed by atoms with Crippen molar-refractivity contribution < 1.29 is 0 Å². The van der Waals surface area contributed by atoms with Crippen molar-refractivity contribution in [2.75, 3.05) is 13.1 Å². The first-order valence-electron chi connectivity index (χ1n) is 2.35. The van der Waals surface area contributed by atoms with Crippen LogP contribution in [0.25, 0.3) is 0 Å². The smallest absolute Gasteiger partial charge is 0.0315 e. The molecule has 1 fully saturated rings. The highest BCUT2D eigenvalue weighted by Gasteiger charge is 2.12. The standard InChI is InChI=1S/C3H10N4/c4-6-2-1-3-7(6)5/h1-5H2. The summed E-state index contributed by atoms with van der Waals surface area (Å²) < 4.78 is 0. The van der Waals surface area contributed by atoms with Gasteiger partial charge >= 0.3 is 0 Å². The Morgan fingerprint density at radius 1 is 1.00 bits per heavy atom. The number of hydrazine groups is 3. The fourth-order valence-corrected chi connectivity index (χ4v) is 0.652. The summed E-state index contributed by atoms with van der Waals surface area (Å²) in [5.41, 5.74) is 0. The zero-order chi connectivity index (χ0) is 5.28. The maximum atomic E-state index is 5.31. The lowest BCUT2D eigenvalue weighted by Crippen LogP contribution is -2.46. The molecule has 4 N–H and O–H groups in total. The van der Waals surface area contributed by atoms with Crippen LogP contribution in [0.3, 0.4) is 0 Å². The Labute approximate surface area is 42.6 Å². The van der Waals surface area contributed by atoms with Gasteiger partial charge in [0.2, 0.25) is 0 Å². The van der Waals surface area contributed by atoms with Gasteiger partial charge in [0.1, 0.15) is 0 Å². The van der Waals surface area contributed by atoms with E-state index in [0.29, 0.717) is 0 Å². The van der Waals surface area contributed by atoms with Crippen molar-refractivity contribution in [3.05, 3.63) is 0 Å². The Morgan fingerprint density at radius 3 is 1.57 bits per heavy atom. The first-order chi connectivity index (χ1) is 3.30. The van der Waals surface area contributed by atoms with Crippen molar-refractivity contribution in [3.63, 3.8) is 0 Å². The van der Waals surface area contributed by atoms with Gasteiger partial charge in [-0.3, -0.25) is 11.7 Å². The van der Waals surface area contributed by atoms with E-state index in [-0.39, 0.29) is 0 Å². The van der Waals surface area contributed by atoms with Crippen molar-refractivity contribution in [1.29, 1.82) is 0 Å². The number of nitrogens with zero attached hydrogens (tertiary/aromatic N) is 2. The molecule has 1 heterocycles. The van der Waals surface area contributed by atoms with E-state index in [0.717, 1.165) is 19.5 Å². The third-order valence-corrected chi connectivity index (χ3v) is 1.10. The van der Waals surface area contributed by atoms with Gasteiger partial charge in [0, 0.05) is 13.1 Å². The van der Waals surface area contributed by atoms with E-state index in [4.69, 9.17) is 11.7 Å². The Balaban J connectivity index is 2.33. The molecule has 0 radical (unpaired) electrons. The van der Waals surface area contributed by atoms with E-state index < -0.39 is 0 Å². The van der Waals surface area contributed by atoms with Crippen LogP contribution in [0.5, 0.6) is 0 Å². The average Bonchev–Trinajstić information content (AvgIpc) is 1.91. The Hall–Kier alpha value is -0.160. The molecule has 0 atom stereocenters. The maximum absolute atomic E-state index is 5.31. The van der Waals surface area contributed by atoms with Crippen LogP contribution in [0.2, 0.25) is 0 Å². The number of hydrogen-bond donors (Lipinski definition) is 2. The third-order valence-electron chi connectivity index (χ3n) is 1.10. The van der Waals surface area contributed by atoms with Gasteiger partial charge in [-0.15, -0.1) is 0 Å². The molecule has 42 valence electrons. The van der Waals surface area contributed by atoms with Crippen molar-refractivity contribution in [3.8, 4) is 0 Å².